The molecule has 0 aromatic heterocycles. The van der Waals surface area contributed by atoms with Gasteiger partial charge < -0.3 is 14.2 Å². The van der Waals surface area contributed by atoms with E-state index in [1.54, 1.807) is 12.1 Å². The number of unbranched alkanes of at least 4 members (excludes halogenated alkanes) is 5. The molecule has 0 radical (unpaired) electrons. The van der Waals surface area contributed by atoms with Gasteiger partial charge in [0.05, 0.1) is 29.8 Å². The first-order chi connectivity index (χ1) is 15.5. The molecule has 0 saturated carbocycles. The number of hydrogen-bond donors (Lipinski definition) is 0. The van der Waals surface area contributed by atoms with E-state index in [0.717, 1.165) is 19.3 Å². The van der Waals surface area contributed by atoms with Gasteiger partial charge in [-0.15, -0.1) is 0 Å². The molecule has 2 aromatic rings. The molecule has 0 unspecified atom stereocenters. The van der Waals surface area contributed by atoms with Crippen LogP contribution in [0, 0.1) is 10.1 Å². The summed E-state index contributed by atoms with van der Waals surface area (Å²) in [7, 11) is 1.32. The second-order valence-electron chi connectivity index (χ2n) is 7.29. The summed E-state index contributed by atoms with van der Waals surface area (Å²) < 4.78 is 15.7. The molecule has 0 N–H and O–H groups in total. The first-order valence-electron chi connectivity index (χ1n) is 10.7. The van der Waals surface area contributed by atoms with E-state index in [4.69, 9.17) is 14.2 Å². The van der Waals surface area contributed by atoms with Crippen molar-refractivity contribution in [1.29, 1.82) is 0 Å². The highest BCUT2D eigenvalue weighted by Crippen LogP contribution is 2.28. The molecule has 0 fully saturated rings. The average Bonchev–Trinajstić information content (AvgIpc) is 2.81. The van der Waals surface area contributed by atoms with E-state index in [0.29, 0.717) is 12.2 Å². The fourth-order valence-corrected chi connectivity index (χ4v) is 3.15. The van der Waals surface area contributed by atoms with E-state index in [-0.39, 0.29) is 29.2 Å². The molecule has 0 heterocycles. The van der Waals surface area contributed by atoms with Gasteiger partial charge in [-0.25, -0.2) is 9.59 Å². The minimum absolute atomic E-state index is 0.0715. The van der Waals surface area contributed by atoms with Crippen LogP contribution in [-0.4, -0.2) is 30.6 Å². The normalized spacial score (nSPS) is 10.4. The molecule has 172 valence electrons. The Morgan fingerprint density at radius 2 is 1.53 bits per heavy atom. The predicted octanol–water partition coefficient (Wildman–Crippen LogP) is 5.48. The predicted molar refractivity (Wildman–Crippen MR) is 119 cm³/mol. The van der Waals surface area contributed by atoms with Gasteiger partial charge in [-0.2, -0.15) is 0 Å². The fraction of sp³-hybridized carbons (Fsp3) is 0.417. The molecule has 0 saturated heterocycles. The standard InChI is InChI=1S/C24H29NO7/c1-3-4-5-6-7-10-15-31-23(26)19-11-8-9-12-20(19)24(27)32-17-18-13-14-21(25(28)29)22(16-18)30-2/h8-9,11-14,16H,3-7,10,15,17H2,1-2H3. The summed E-state index contributed by atoms with van der Waals surface area (Å²) in [5.41, 5.74) is 0.587. The van der Waals surface area contributed by atoms with Crippen molar-refractivity contribution in [3.05, 3.63) is 69.3 Å². The van der Waals surface area contributed by atoms with Crippen LogP contribution < -0.4 is 4.74 Å². The van der Waals surface area contributed by atoms with Crippen LogP contribution in [0.2, 0.25) is 0 Å². The van der Waals surface area contributed by atoms with E-state index in [9.17, 15) is 19.7 Å². The molecule has 2 rings (SSSR count). The lowest BCUT2D eigenvalue weighted by atomic mass is 10.1. The largest absolute Gasteiger partial charge is 0.490 e. The molecule has 0 aliphatic heterocycles. The molecule has 0 spiro atoms. The third kappa shape index (κ3) is 7.37. The lowest BCUT2D eigenvalue weighted by molar-refractivity contribution is -0.385. The average molecular weight is 443 g/mol. The lowest BCUT2D eigenvalue weighted by Crippen LogP contribution is -2.14. The summed E-state index contributed by atoms with van der Waals surface area (Å²) >= 11 is 0. The van der Waals surface area contributed by atoms with Crippen LogP contribution in [0.4, 0.5) is 5.69 Å². The van der Waals surface area contributed by atoms with Crippen LogP contribution in [0.5, 0.6) is 5.75 Å². The van der Waals surface area contributed by atoms with Crippen molar-refractivity contribution in [2.75, 3.05) is 13.7 Å². The van der Waals surface area contributed by atoms with Crippen LogP contribution in [0.1, 0.15) is 71.7 Å². The summed E-state index contributed by atoms with van der Waals surface area (Å²) in [4.78, 5) is 35.5. The number of methoxy groups -OCH3 is 1. The second-order valence-corrected chi connectivity index (χ2v) is 7.29. The third-order valence-electron chi connectivity index (χ3n) is 4.91. The Morgan fingerprint density at radius 1 is 0.906 bits per heavy atom. The first kappa shape index (κ1) is 24.8. The van der Waals surface area contributed by atoms with E-state index in [1.165, 1.54) is 56.7 Å². The van der Waals surface area contributed by atoms with E-state index in [1.807, 2.05) is 0 Å². The van der Waals surface area contributed by atoms with Crippen molar-refractivity contribution >= 4 is 17.6 Å². The summed E-state index contributed by atoms with van der Waals surface area (Å²) in [6.45, 7) is 2.33. The monoisotopic (exact) mass is 443 g/mol. The Hall–Kier alpha value is -3.42. The molecular weight excluding hydrogens is 414 g/mol. The Bertz CT molecular complexity index is 926. The molecule has 8 heteroatoms. The minimum Gasteiger partial charge on any atom is -0.490 e. The molecule has 0 atom stereocenters. The maximum Gasteiger partial charge on any atom is 0.339 e. The van der Waals surface area contributed by atoms with Crippen molar-refractivity contribution in [3.63, 3.8) is 0 Å². The van der Waals surface area contributed by atoms with Gasteiger partial charge in [-0.05, 0) is 36.2 Å². The number of hydrogen-bond acceptors (Lipinski definition) is 7. The van der Waals surface area contributed by atoms with Crippen LogP contribution >= 0.6 is 0 Å². The molecule has 32 heavy (non-hydrogen) atoms. The highest BCUT2D eigenvalue weighted by Gasteiger charge is 2.20. The number of benzene rings is 2. The SMILES string of the molecule is CCCCCCCCOC(=O)c1ccccc1C(=O)OCc1ccc([N+](=O)[O-])c(OC)c1. The Kier molecular flexibility index (Phi) is 10.2. The highest BCUT2D eigenvalue weighted by molar-refractivity contribution is 6.03. The lowest BCUT2D eigenvalue weighted by Gasteiger charge is -2.10. The van der Waals surface area contributed by atoms with Crippen LogP contribution in [0.15, 0.2) is 42.5 Å². The topological polar surface area (TPSA) is 105 Å². The van der Waals surface area contributed by atoms with Crippen molar-refractivity contribution in [2.45, 2.75) is 52.1 Å². The number of nitrogens with zero attached hydrogens (tertiary/aromatic N) is 1. The number of carbonyl (C=O) groups excluding carboxylic acids is 2. The number of esters is 2. The van der Waals surface area contributed by atoms with Gasteiger partial charge in [-0.1, -0.05) is 51.2 Å². The number of ether oxygens (including phenoxy) is 3. The molecule has 2 aromatic carbocycles. The van der Waals surface area contributed by atoms with Crippen molar-refractivity contribution < 1.29 is 28.7 Å². The van der Waals surface area contributed by atoms with Crippen molar-refractivity contribution in [1.82, 2.24) is 0 Å². The van der Waals surface area contributed by atoms with Gasteiger partial charge in [0.2, 0.25) is 0 Å². The van der Waals surface area contributed by atoms with E-state index in [2.05, 4.69) is 6.92 Å². The zero-order valence-corrected chi connectivity index (χ0v) is 18.5. The molecule has 0 amide bonds. The summed E-state index contributed by atoms with van der Waals surface area (Å²) in [5, 5.41) is 11.0. The molecule has 0 aliphatic carbocycles. The molecule has 0 bridgehead atoms. The first-order valence-corrected chi connectivity index (χ1v) is 10.7. The molecule has 8 nitrogen and oxygen atoms in total. The quantitative estimate of drug-likeness (QED) is 0.175. The van der Waals surface area contributed by atoms with Crippen molar-refractivity contribution in [3.8, 4) is 5.75 Å². The highest BCUT2D eigenvalue weighted by atomic mass is 16.6. The number of nitro groups is 1. The van der Waals surface area contributed by atoms with Crippen LogP contribution in [0.25, 0.3) is 0 Å². The third-order valence-corrected chi connectivity index (χ3v) is 4.91. The Labute approximate surface area is 187 Å². The maximum absolute atomic E-state index is 12.6. The second kappa shape index (κ2) is 13.1. The Balaban J connectivity index is 1.94. The fourth-order valence-electron chi connectivity index (χ4n) is 3.15. The molecular formula is C24H29NO7. The van der Waals surface area contributed by atoms with Crippen LogP contribution in [-0.2, 0) is 16.1 Å². The van der Waals surface area contributed by atoms with Crippen molar-refractivity contribution in [2.24, 2.45) is 0 Å². The van der Waals surface area contributed by atoms with Gasteiger partial charge in [0.15, 0.2) is 5.75 Å². The zero-order valence-electron chi connectivity index (χ0n) is 18.5. The van der Waals surface area contributed by atoms with Crippen LogP contribution in [0.3, 0.4) is 0 Å². The van der Waals surface area contributed by atoms with Gasteiger partial charge in [0.1, 0.15) is 6.61 Å². The van der Waals surface area contributed by atoms with Gasteiger partial charge in [0.25, 0.3) is 0 Å². The Morgan fingerprint density at radius 3 is 2.16 bits per heavy atom. The minimum atomic E-state index is -0.686. The van der Waals surface area contributed by atoms with E-state index < -0.39 is 16.9 Å². The van der Waals surface area contributed by atoms with Gasteiger partial charge in [-0.3, -0.25) is 10.1 Å². The summed E-state index contributed by atoms with van der Waals surface area (Å²) in [6.07, 6.45) is 6.46. The smallest absolute Gasteiger partial charge is 0.339 e. The van der Waals surface area contributed by atoms with Gasteiger partial charge in [0, 0.05) is 6.07 Å². The van der Waals surface area contributed by atoms with Gasteiger partial charge >= 0.3 is 17.6 Å². The molecule has 0 aliphatic rings. The summed E-state index contributed by atoms with van der Waals surface area (Å²) in [6, 6.07) is 10.5. The maximum atomic E-state index is 12.6. The zero-order chi connectivity index (χ0) is 23.3. The number of rotatable bonds is 13. The number of carbonyl (C=O) groups is 2. The summed E-state index contributed by atoms with van der Waals surface area (Å²) in [5.74, 6) is -1.18. The van der Waals surface area contributed by atoms with E-state index >= 15 is 0 Å². The number of nitro benzene ring substituents is 1.